The van der Waals surface area contributed by atoms with Gasteiger partial charge in [0.1, 0.15) is 6.04 Å². The Hall–Kier alpha value is -2.90. The molecule has 0 fully saturated rings. The van der Waals surface area contributed by atoms with Gasteiger partial charge in [-0.05, 0) is 49.6 Å². The van der Waals surface area contributed by atoms with Crippen LogP contribution in [-0.4, -0.2) is 52.6 Å². The molecule has 34 heavy (non-hydrogen) atoms. The molecule has 9 heteroatoms. The van der Waals surface area contributed by atoms with Gasteiger partial charge in [-0.25, -0.2) is 0 Å². The van der Waals surface area contributed by atoms with Crippen LogP contribution in [0.15, 0.2) is 42.5 Å². The van der Waals surface area contributed by atoms with E-state index >= 15 is 0 Å². The summed E-state index contributed by atoms with van der Waals surface area (Å²) in [5.74, 6) is -1.22. The van der Waals surface area contributed by atoms with E-state index in [0.29, 0.717) is 39.7 Å². The van der Waals surface area contributed by atoms with Crippen LogP contribution < -0.4 is 5.32 Å². The van der Waals surface area contributed by atoms with Crippen LogP contribution in [0.2, 0.25) is 10.0 Å². The molecule has 7 nitrogen and oxygen atoms in total. The quantitative estimate of drug-likeness (QED) is 0.489. The minimum atomic E-state index is -0.682. The molecule has 180 valence electrons. The van der Waals surface area contributed by atoms with E-state index in [2.05, 4.69) is 5.32 Å². The number of imide groups is 1. The Balaban J connectivity index is 1.72. The van der Waals surface area contributed by atoms with Gasteiger partial charge in [-0.2, -0.15) is 0 Å². The lowest BCUT2D eigenvalue weighted by molar-refractivity contribution is -0.141. The SMILES string of the molecule is CCNC(=O)[C@@H](CC)N(Cc1ccc(Cl)cc1Cl)C(=O)CCCN1C(=O)c2ccccc2C1=O. The highest BCUT2D eigenvalue weighted by atomic mass is 35.5. The zero-order valence-corrected chi connectivity index (χ0v) is 20.7. The first kappa shape index (κ1) is 25.7. The van der Waals surface area contributed by atoms with Gasteiger partial charge in [0.25, 0.3) is 11.8 Å². The zero-order chi connectivity index (χ0) is 24.8. The van der Waals surface area contributed by atoms with Crippen LogP contribution in [0.1, 0.15) is 59.4 Å². The highest BCUT2D eigenvalue weighted by Gasteiger charge is 2.35. The molecule has 0 bridgehead atoms. The number of fused-ring (bicyclic) bond motifs is 1. The van der Waals surface area contributed by atoms with Crippen molar-refractivity contribution in [1.29, 1.82) is 0 Å². The third kappa shape index (κ3) is 5.59. The monoisotopic (exact) mass is 503 g/mol. The minimum Gasteiger partial charge on any atom is -0.355 e. The maximum absolute atomic E-state index is 13.3. The van der Waals surface area contributed by atoms with E-state index in [1.165, 1.54) is 9.80 Å². The second kappa shape index (κ2) is 11.5. The molecule has 3 rings (SSSR count). The van der Waals surface area contributed by atoms with Gasteiger partial charge in [-0.15, -0.1) is 0 Å². The summed E-state index contributed by atoms with van der Waals surface area (Å²) in [6.45, 7) is 4.35. The molecule has 1 atom stereocenters. The highest BCUT2D eigenvalue weighted by Crippen LogP contribution is 2.25. The highest BCUT2D eigenvalue weighted by molar-refractivity contribution is 6.35. The second-order valence-electron chi connectivity index (χ2n) is 7.99. The summed E-state index contributed by atoms with van der Waals surface area (Å²) in [6.07, 6.45) is 0.761. The predicted molar refractivity (Wildman–Crippen MR) is 131 cm³/mol. The van der Waals surface area contributed by atoms with E-state index in [9.17, 15) is 19.2 Å². The molecular formula is C25H27Cl2N3O4. The van der Waals surface area contributed by atoms with Crippen molar-refractivity contribution in [3.8, 4) is 0 Å². The molecule has 1 heterocycles. The number of nitrogens with zero attached hydrogens (tertiary/aromatic N) is 2. The fourth-order valence-electron chi connectivity index (χ4n) is 4.02. The van der Waals surface area contributed by atoms with E-state index in [1.54, 1.807) is 42.5 Å². The van der Waals surface area contributed by atoms with Crippen molar-refractivity contribution >= 4 is 46.8 Å². The fourth-order valence-corrected chi connectivity index (χ4v) is 4.49. The molecule has 0 aliphatic carbocycles. The first-order chi connectivity index (χ1) is 16.3. The topological polar surface area (TPSA) is 86.8 Å². The lowest BCUT2D eigenvalue weighted by Crippen LogP contribution is -2.49. The summed E-state index contributed by atoms with van der Waals surface area (Å²) < 4.78 is 0. The molecule has 1 aliphatic heterocycles. The maximum Gasteiger partial charge on any atom is 0.261 e. The first-order valence-electron chi connectivity index (χ1n) is 11.2. The Kier molecular flexibility index (Phi) is 8.69. The van der Waals surface area contributed by atoms with Crippen LogP contribution in [0.25, 0.3) is 0 Å². The number of carbonyl (C=O) groups is 4. The van der Waals surface area contributed by atoms with Crippen molar-refractivity contribution in [2.75, 3.05) is 13.1 Å². The van der Waals surface area contributed by atoms with Gasteiger partial charge in [0.15, 0.2) is 0 Å². The Bertz CT molecular complexity index is 1070. The summed E-state index contributed by atoms with van der Waals surface area (Å²) in [6, 6.07) is 11.0. The normalized spacial score (nSPS) is 13.6. The molecule has 0 aromatic heterocycles. The van der Waals surface area contributed by atoms with Crippen molar-refractivity contribution in [1.82, 2.24) is 15.1 Å². The molecule has 0 saturated carbocycles. The summed E-state index contributed by atoms with van der Waals surface area (Å²) in [5.41, 5.74) is 1.42. The largest absolute Gasteiger partial charge is 0.355 e. The number of nitrogens with one attached hydrogen (secondary N) is 1. The number of amides is 4. The second-order valence-corrected chi connectivity index (χ2v) is 8.83. The van der Waals surface area contributed by atoms with Crippen LogP contribution >= 0.6 is 23.2 Å². The molecule has 0 unspecified atom stereocenters. The molecule has 2 aromatic rings. The standard InChI is InChI=1S/C25H27Cl2N3O4/c1-3-21(23(32)28-4-2)30(15-16-11-12-17(26)14-20(16)27)22(31)10-7-13-29-24(33)18-8-5-6-9-19(18)25(29)34/h5-6,8-9,11-12,14,21H,3-4,7,10,13,15H2,1-2H3,(H,28,32)/t21-/m1/s1. The Morgan fingerprint density at radius 3 is 2.24 bits per heavy atom. The number of halogens is 2. The van der Waals surface area contributed by atoms with Crippen molar-refractivity contribution in [3.63, 3.8) is 0 Å². The number of benzene rings is 2. The first-order valence-corrected chi connectivity index (χ1v) is 12.0. The van der Waals surface area contributed by atoms with Gasteiger partial charge >= 0.3 is 0 Å². The Labute approximate surface area is 209 Å². The summed E-state index contributed by atoms with van der Waals surface area (Å²) in [7, 11) is 0. The summed E-state index contributed by atoms with van der Waals surface area (Å²) in [5, 5.41) is 3.66. The summed E-state index contributed by atoms with van der Waals surface area (Å²) >= 11 is 12.3. The number of rotatable bonds is 10. The lowest BCUT2D eigenvalue weighted by Gasteiger charge is -2.31. The average Bonchev–Trinajstić information content (AvgIpc) is 3.05. The predicted octanol–water partition coefficient (Wildman–Crippen LogP) is 4.31. The van der Waals surface area contributed by atoms with Gasteiger partial charge in [-0.3, -0.25) is 24.1 Å². The van der Waals surface area contributed by atoms with Crippen molar-refractivity contribution < 1.29 is 19.2 Å². The average molecular weight is 504 g/mol. The molecule has 1 N–H and O–H groups in total. The summed E-state index contributed by atoms with van der Waals surface area (Å²) in [4.78, 5) is 53.8. The lowest BCUT2D eigenvalue weighted by atomic mass is 10.1. The molecule has 0 radical (unpaired) electrons. The van der Waals surface area contributed by atoms with Gasteiger partial charge in [-0.1, -0.05) is 48.3 Å². The molecule has 0 spiro atoms. The van der Waals surface area contributed by atoms with Gasteiger partial charge in [0.2, 0.25) is 11.8 Å². The third-order valence-electron chi connectivity index (χ3n) is 5.74. The number of carbonyl (C=O) groups excluding carboxylic acids is 4. The van der Waals surface area contributed by atoms with Crippen LogP contribution in [0, 0.1) is 0 Å². The Morgan fingerprint density at radius 2 is 1.68 bits per heavy atom. The smallest absolute Gasteiger partial charge is 0.261 e. The van der Waals surface area contributed by atoms with Gasteiger partial charge in [0.05, 0.1) is 11.1 Å². The van der Waals surface area contributed by atoms with Crippen LogP contribution in [0.4, 0.5) is 0 Å². The van der Waals surface area contributed by atoms with Gasteiger partial charge < -0.3 is 10.2 Å². The van der Waals surface area contributed by atoms with Crippen molar-refractivity contribution in [2.24, 2.45) is 0 Å². The van der Waals surface area contributed by atoms with Crippen molar-refractivity contribution in [2.45, 2.75) is 45.7 Å². The van der Waals surface area contributed by atoms with Gasteiger partial charge in [0, 0.05) is 36.1 Å². The third-order valence-corrected chi connectivity index (χ3v) is 6.33. The van der Waals surface area contributed by atoms with E-state index in [4.69, 9.17) is 23.2 Å². The number of hydrogen-bond acceptors (Lipinski definition) is 4. The van der Waals surface area contributed by atoms with Crippen molar-refractivity contribution in [3.05, 3.63) is 69.2 Å². The zero-order valence-electron chi connectivity index (χ0n) is 19.1. The van der Waals surface area contributed by atoms with Crippen LogP contribution in [0.3, 0.4) is 0 Å². The van der Waals surface area contributed by atoms with E-state index in [1.807, 2.05) is 13.8 Å². The number of hydrogen-bond donors (Lipinski definition) is 1. The molecule has 2 aromatic carbocycles. The van der Waals surface area contributed by atoms with E-state index < -0.39 is 6.04 Å². The molecule has 4 amide bonds. The molecule has 0 saturated heterocycles. The maximum atomic E-state index is 13.3. The molecule has 1 aliphatic rings. The van der Waals surface area contributed by atoms with Crippen LogP contribution in [0.5, 0.6) is 0 Å². The van der Waals surface area contributed by atoms with Crippen LogP contribution in [-0.2, 0) is 16.1 Å². The minimum absolute atomic E-state index is 0.0640. The Morgan fingerprint density at radius 1 is 1.03 bits per heavy atom. The fraction of sp³-hybridized carbons (Fsp3) is 0.360. The van der Waals surface area contributed by atoms with E-state index in [0.717, 1.165) is 0 Å². The number of likely N-dealkylation sites (N-methyl/N-ethyl adjacent to an activating group) is 1. The van der Waals surface area contributed by atoms with E-state index in [-0.39, 0.29) is 49.6 Å². The molecular weight excluding hydrogens is 477 g/mol.